The fraction of sp³-hybridized carbons (Fsp3) is 0.269. The Morgan fingerprint density at radius 1 is 1.00 bits per heavy atom. The summed E-state index contributed by atoms with van der Waals surface area (Å²) in [5.74, 6) is 0.312. The number of aryl methyl sites for hydroxylation is 1. The van der Waals surface area contributed by atoms with E-state index in [1.54, 1.807) is 0 Å². The van der Waals surface area contributed by atoms with Crippen molar-refractivity contribution >= 4 is 37.4 Å². The van der Waals surface area contributed by atoms with Gasteiger partial charge in [0.2, 0.25) is 5.91 Å². The minimum Gasteiger partial charge on any atom is -0.369 e. The summed E-state index contributed by atoms with van der Waals surface area (Å²) in [5, 5.41) is 3.20. The molecule has 4 rings (SSSR count). The summed E-state index contributed by atoms with van der Waals surface area (Å²) in [6, 6.07) is 23.7. The first-order chi connectivity index (χ1) is 15.8. The Morgan fingerprint density at radius 3 is 2.30 bits per heavy atom. The first-order valence-corrected chi connectivity index (χ1v) is 13.6. The number of nitrogens with zero attached hydrogens (tertiary/aromatic N) is 1. The van der Waals surface area contributed by atoms with E-state index >= 15 is 0 Å². The minimum atomic E-state index is -2.91. The number of anilines is 1. The van der Waals surface area contributed by atoms with E-state index < -0.39 is 9.84 Å². The Bertz CT molecular complexity index is 1210. The Kier molecular flexibility index (Phi) is 7.20. The lowest BCUT2D eigenvalue weighted by molar-refractivity contribution is -0.120. The molecule has 1 saturated heterocycles. The molecular weight excluding hydrogens is 500 g/mol. The molecule has 0 bridgehead atoms. The van der Waals surface area contributed by atoms with Gasteiger partial charge in [0.05, 0.1) is 24.0 Å². The molecule has 0 spiro atoms. The van der Waals surface area contributed by atoms with Crippen molar-refractivity contribution in [2.75, 3.05) is 29.5 Å². The van der Waals surface area contributed by atoms with E-state index in [9.17, 15) is 13.2 Å². The smallest absolute Gasteiger partial charge is 0.225 e. The van der Waals surface area contributed by atoms with Gasteiger partial charge in [0.15, 0.2) is 9.84 Å². The summed E-state index contributed by atoms with van der Waals surface area (Å²) in [5.41, 5.74) is 5.08. The lowest BCUT2D eigenvalue weighted by Crippen LogP contribution is -2.40. The maximum Gasteiger partial charge on any atom is 0.225 e. The minimum absolute atomic E-state index is 0.0619. The van der Waals surface area contributed by atoms with E-state index in [0.29, 0.717) is 13.1 Å². The molecule has 5 nitrogen and oxygen atoms in total. The van der Waals surface area contributed by atoms with E-state index in [2.05, 4.69) is 32.2 Å². The standard InChI is InChI=1S/C26H27BrN2O3S/c1-19-7-12-23(24(27)17-19)26(21-5-3-2-4-6-21)28-25(30)18-20-8-10-22(11-9-20)29-13-15-33(31,32)16-14-29/h2-12,17,26H,13-16,18H2,1H3,(H,28,30). The number of nitrogens with one attached hydrogen (secondary N) is 1. The Morgan fingerprint density at radius 2 is 1.67 bits per heavy atom. The molecule has 1 unspecified atom stereocenters. The van der Waals surface area contributed by atoms with E-state index in [4.69, 9.17) is 0 Å². The fourth-order valence-electron chi connectivity index (χ4n) is 4.05. The van der Waals surface area contributed by atoms with Crippen LogP contribution in [0.4, 0.5) is 5.69 Å². The molecule has 0 aliphatic carbocycles. The number of hydrogen-bond acceptors (Lipinski definition) is 4. The quantitative estimate of drug-likeness (QED) is 0.515. The summed E-state index contributed by atoms with van der Waals surface area (Å²) < 4.78 is 24.3. The number of hydrogen-bond donors (Lipinski definition) is 1. The van der Waals surface area contributed by atoms with Crippen LogP contribution in [0.25, 0.3) is 0 Å². The molecular formula is C26H27BrN2O3S. The molecule has 0 radical (unpaired) electrons. The van der Waals surface area contributed by atoms with Crippen molar-refractivity contribution in [2.24, 2.45) is 0 Å². The Labute approximate surface area is 203 Å². The number of amides is 1. The van der Waals surface area contributed by atoms with Crippen LogP contribution in [-0.4, -0.2) is 38.9 Å². The zero-order chi connectivity index (χ0) is 23.4. The molecule has 1 amide bonds. The fourth-order valence-corrected chi connectivity index (χ4v) is 5.97. The lowest BCUT2D eigenvalue weighted by atomic mass is 9.97. The molecule has 0 aromatic heterocycles. The highest BCUT2D eigenvalue weighted by atomic mass is 79.9. The number of rotatable bonds is 6. The highest BCUT2D eigenvalue weighted by Crippen LogP contribution is 2.29. The Balaban J connectivity index is 1.46. The van der Waals surface area contributed by atoms with Crippen LogP contribution >= 0.6 is 15.9 Å². The number of sulfone groups is 1. The monoisotopic (exact) mass is 526 g/mol. The third kappa shape index (κ3) is 6.03. The molecule has 3 aromatic carbocycles. The van der Waals surface area contributed by atoms with E-state index in [1.165, 1.54) is 0 Å². The molecule has 33 heavy (non-hydrogen) atoms. The lowest BCUT2D eigenvalue weighted by Gasteiger charge is -2.28. The van der Waals surface area contributed by atoms with Crippen LogP contribution in [0, 0.1) is 6.92 Å². The maximum atomic E-state index is 13.0. The average Bonchev–Trinajstić information content (AvgIpc) is 2.79. The number of carbonyl (C=O) groups is 1. The predicted molar refractivity (Wildman–Crippen MR) is 136 cm³/mol. The van der Waals surface area contributed by atoms with Crippen LogP contribution in [-0.2, 0) is 21.1 Å². The number of benzene rings is 3. The second-order valence-electron chi connectivity index (χ2n) is 8.42. The second-order valence-corrected chi connectivity index (χ2v) is 11.6. The van der Waals surface area contributed by atoms with Gasteiger partial charge in [-0.3, -0.25) is 4.79 Å². The van der Waals surface area contributed by atoms with Gasteiger partial charge in [0, 0.05) is 23.2 Å². The van der Waals surface area contributed by atoms with Gasteiger partial charge in [-0.05, 0) is 47.4 Å². The zero-order valence-electron chi connectivity index (χ0n) is 18.5. The predicted octanol–water partition coefficient (Wildman–Crippen LogP) is 4.44. The summed E-state index contributed by atoms with van der Waals surface area (Å²) >= 11 is 3.66. The van der Waals surface area contributed by atoms with Crippen LogP contribution in [0.2, 0.25) is 0 Å². The van der Waals surface area contributed by atoms with E-state index in [-0.39, 0.29) is 29.9 Å². The van der Waals surface area contributed by atoms with Gasteiger partial charge in [-0.15, -0.1) is 0 Å². The first kappa shape index (κ1) is 23.5. The third-order valence-corrected chi connectivity index (χ3v) is 8.21. The van der Waals surface area contributed by atoms with Gasteiger partial charge in [0.25, 0.3) is 0 Å². The van der Waals surface area contributed by atoms with Crippen molar-refractivity contribution in [3.63, 3.8) is 0 Å². The van der Waals surface area contributed by atoms with Crippen LogP contribution in [0.3, 0.4) is 0 Å². The number of halogens is 1. The van der Waals surface area contributed by atoms with Crippen LogP contribution in [0.15, 0.2) is 77.3 Å². The molecule has 1 aliphatic heterocycles. The van der Waals surface area contributed by atoms with Crippen LogP contribution in [0.5, 0.6) is 0 Å². The molecule has 3 aromatic rings. The molecule has 1 aliphatic rings. The molecule has 1 N–H and O–H groups in total. The van der Waals surface area contributed by atoms with Gasteiger partial charge < -0.3 is 10.2 Å². The van der Waals surface area contributed by atoms with Crippen molar-refractivity contribution in [1.82, 2.24) is 5.32 Å². The molecule has 1 heterocycles. The SMILES string of the molecule is Cc1ccc(C(NC(=O)Cc2ccc(N3CCS(=O)(=O)CC3)cc2)c2ccccc2)c(Br)c1. The molecule has 7 heteroatoms. The van der Waals surface area contributed by atoms with Crippen molar-refractivity contribution < 1.29 is 13.2 Å². The van der Waals surface area contributed by atoms with Gasteiger partial charge in [-0.2, -0.15) is 0 Å². The van der Waals surface area contributed by atoms with E-state index in [1.807, 2.05) is 73.7 Å². The van der Waals surface area contributed by atoms with Crippen LogP contribution < -0.4 is 10.2 Å². The van der Waals surface area contributed by atoms with Crippen molar-refractivity contribution in [2.45, 2.75) is 19.4 Å². The molecule has 1 atom stereocenters. The highest BCUT2D eigenvalue weighted by molar-refractivity contribution is 9.10. The van der Waals surface area contributed by atoms with Crippen molar-refractivity contribution in [3.05, 3.63) is 99.5 Å². The highest BCUT2D eigenvalue weighted by Gasteiger charge is 2.22. The normalized spacial score (nSPS) is 16.2. The summed E-state index contributed by atoms with van der Waals surface area (Å²) in [6.45, 7) is 3.05. The van der Waals surface area contributed by atoms with E-state index in [0.717, 1.165) is 32.4 Å². The molecule has 172 valence electrons. The van der Waals surface area contributed by atoms with Gasteiger partial charge in [-0.25, -0.2) is 8.42 Å². The van der Waals surface area contributed by atoms with Crippen molar-refractivity contribution in [1.29, 1.82) is 0 Å². The second kappa shape index (κ2) is 10.1. The largest absolute Gasteiger partial charge is 0.369 e. The molecule has 0 saturated carbocycles. The third-order valence-electron chi connectivity index (χ3n) is 5.92. The van der Waals surface area contributed by atoms with Crippen molar-refractivity contribution in [3.8, 4) is 0 Å². The maximum absolute atomic E-state index is 13.0. The summed E-state index contributed by atoms with van der Waals surface area (Å²) in [4.78, 5) is 15.1. The van der Waals surface area contributed by atoms with Gasteiger partial charge >= 0.3 is 0 Å². The molecule has 1 fully saturated rings. The zero-order valence-corrected chi connectivity index (χ0v) is 20.9. The topological polar surface area (TPSA) is 66.5 Å². The van der Waals surface area contributed by atoms with Crippen LogP contribution in [0.1, 0.15) is 28.3 Å². The average molecular weight is 527 g/mol. The van der Waals surface area contributed by atoms with Gasteiger partial charge in [-0.1, -0.05) is 70.5 Å². The Hall–Kier alpha value is -2.64. The summed E-state index contributed by atoms with van der Waals surface area (Å²) in [6.07, 6.45) is 0.265. The summed E-state index contributed by atoms with van der Waals surface area (Å²) in [7, 11) is -2.91. The first-order valence-electron chi connectivity index (χ1n) is 11.0. The number of carbonyl (C=O) groups excluding carboxylic acids is 1. The van der Waals surface area contributed by atoms with Gasteiger partial charge in [0.1, 0.15) is 0 Å².